The third-order valence-corrected chi connectivity index (χ3v) is 1.01. The fourth-order valence-electron chi connectivity index (χ4n) is 0.539. The van der Waals surface area contributed by atoms with Crippen molar-refractivity contribution in [3.05, 3.63) is 0 Å². The number of rotatable bonds is 4. The molecule has 1 atom stereocenters. The molecule has 0 bridgehead atoms. The number of aliphatic hydroxyl groups excluding tert-OH is 1. The lowest BCUT2D eigenvalue weighted by Gasteiger charge is -1.90. The van der Waals surface area contributed by atoms with Crippen molar-refractivity contribution in [2.24, 2.45) is 0 Å². The standard InChI is InChI=1S/C6H14O.H3OP/c1-2-3-4-5-6-7;1-2/h7H,2-6H2,1H3;2H3. The molecule has 0 fully saturated rings. The van der Waals surface area contributed by atoms with Crippen LogP contribution in [0.25, 0.3) is 0 Å². The molecule has 0 aliphatic carbocycles. The Kier molecular flexibility index (Phi) is 20.8. The summed E-state index contributed by atoms with van der Waals surface area (Å²) < 4.78 is 8.28. The van der Waals surface area contributed by atoms with Gasteiger partial charge in [0, 0.05) is 6.61 Å². The predicted octanol–water partition coefficient (Wildman–Crippen LogP) is 1.50. The van der Waals surface area contributed by atoms with Crippen molar-refractivity contribution in [3.63, 3.8) is 0 Å². The second-order valence-corrected chi connectivity index (χ2v) is 1.78. The van der Waals surface area contributed by atoms with E-state index >= 15 is 0 Å². The van der Waals surface area contributed by atoms with E-state index in [9.17, 15) is 0 Å². The van der Waals surface area contributed by atoms with Gasteiger partial charge in [-0.1, -0.05) is 26.2 Å². The van der Waals surface area contributed by atoms with Crippen molar-refractivity contribution < 1.29 is 9.67 Å². The van der Waals surface area contributed by atoms with Gasteiger partial charge < -0.3 is 9.67 Å². The van der Waals surface area contributed by atoms with Gasteiger partial charge >= 0.3 is 0 Å². The number of unbranched alkanes of at least 4 members (excludes halogenated alkanes) is 3. The summed E-state index contributed by atoms with van der Waals surface area (Å²) in [6, 6.07) is 0. The maximum absolute atomic E-state index is 8.29. The normalized spacial score (nSPS) is 8.22. The topological polar surface area (TPSA) is 37.3 Å². The quantitative estimate of drug-likeness (QED) is 0.489. The van der Waals surface area contributed by atoms with E-state index in [0.29, 0.717) is 15.7 Å². The van der Waals surface area contributed by atoms with Crippen LogP contribution in [0.4, 0.5) is 0 Å². The molecule has 58 valence electrons. The van der Waals surface area contributed by atoms with Crippen LogP contribution in [0.5, 0.6) is 0 Å². The lowest BCUT2D eigenvalue weighted by atomic mass is 10.2. The molecule has 1 N–H and O–H groups in total. The lowest BCUT2D eigenvalue weighted by Crippen LogP contribution is -1.80. The van der Waals surface area contributed by atoms with E-state index in [-0.39, 0.29) is 0 Å². The summed E-state index contributed by atoms with van der Waals surface area (Å²) in [7, 11) is 0.611. The van der Waals surface area contributed by atoms with Crippen molar-refractivity contribution in [3.8, 4) is 0 Å². The van der Waals surface area contributed by atoms with E-state index in [1.807, 2.05) is 0 Å². The molecule has 0 heterocycles. The molecule has 2 nitrogen and oxygen atoms in total. The minimum atomic E-state index is 0.361. The van der Waals surface area contributed by atoms with E-state index in [0.717, 1.165) is 6.42 Å². The average molecular weight is 152 g/mol. The molecule has 0 aromatic rings. The third kappa shape index (κ3) is 17.9. The molecule has 0 aromatic heterocycles. The molecule has 0 saturated heterocycles. The van der Waals surface area contributed by atoms with Gasteiger partial charge in [-0.3, -0.25) is 0 Å². The smallest absolute Gasteiger partial charge is 0.0527 e. The van der Waals surface area contributed by atoms with Crippen molar-refractivity contribution in [2.45, 2.75) is 32.6 Å². The van der Waals surface area contributed by atoms with Crippen LogP contribution in [0, 0.1) is 0 Å². The van der Waals surface area contributed by atoms with Gasteiger partial charge in [0.15, 0.2) is 0 Å². The highest BCUT2D eigenvalue weighted by Crippen LogP contribution is 1.95. The summed E-state index contributed by atoms with van der Waals surface area (Å²) >= 11 is 0. The zero-order valence-corrected chi connectivity index (χ0v) is 7.51. The van der Waals surface area contributed by atoms with E-state index in [4.69, 9.17) is 9.67 Å². The molecule has 0 aromatic carbocycles. The van der Waals surface area contributed by atoms with Crippen molar-refractivity contribution in [2.75, 3.05) is 6.61 Å². The highest BCUT2D eigenvalue weighted by atomic mass is 31.0. The molecule has 1 unspecified atom stereocenters. The maximum atomic E-state index is 8.29. The minimum Gasteiger partial charge on any atom is -0.396 e. The van der Waals surface area contributed by atoms with Gasteiger partial charge in [0.1, 0.15) is 0 Å². The van der Waals surface area contributed by atoms with Gasteiger partial charge in [-0.2, -0.15) is 0 Å². The summed E-state index contributed by atoms with van der Waals surface area (Å²) in [4.78, 5) is 0. The van der Waals surface area contributed by atoms with Crippen molar-refractivity contribution in [1.82, 2.24) is 0 Å². The second kappa shape index (κ2) is 15.7. The zero-order chi connectivity index (χ0) is 7.54. The Bertz CT molecular complexity index is 38.0. The van der Waals surface area contributed by atoms with Crippen LogP contribution < -0.4 is 0 Å². The van der Waals surface area contributed by atoms with Gasteiger partial charge in [0.05, 0.1) is 9.12 Å². The molecule has 0 radical (unpaired) electrons. The Balaban J connectivity index is 0. The predicted molar refractivity (Wildman–Crippen MR) is 43.0 cm³/mol. The summed E-state index contributed by atoms with van der Waals surface area (Å²) in [5, 5.41) is 8.29. The van der Waals surface area contributed by atoms with E-state index in [1.165, 1.54) is 19.3 Å². The molecular formula is C6H17O2P. The number of aliphatic hydroxyl groups is 1. The van der Waals surface area contributed by atoms with Crippen LogP contribution in [0.3, 0.4) is 0 Å². The molecule has 0 amide bonds. The Morgan fingerprint density at radius 3 is 2.11 bits per heavy atom. The Labute approximate surface area is 58.9 Å². The van der Waals surface area contributed by atoms with E-state index in [2.05, 4.69) is 6.92 Å². The van der Waals surface area contributed by atoms with Crippen LogP contribution in [0.1, 0.15) is 32.6 Å². The molecule has 3 heteroatoms. The largest absolute Gasteiger partial charge is 0.396 e. The summed E-state index contributed by atoms with van der Waals surface area (Å²) in [5.41, 5.74) is 0. The molecular weight excluding hydrogens is 135 g/mol. The van der Waals surface area contributed by atoms with E-state index in [1.54, 1.807) is 0 Å². The van der Waals surface area contributed by atoms with Gasteiger partial charge in [-0.15, -0.1) is 0 Å². The summed E-state index contributed by atoms with van der Waals surface area (Å²) in [5.74, 6) is 0. The number of hydrogen-bond donors (Lipinski definition) is 1. The Morgan fingerprint density at radius 1 is 1.22 bits per heavy atom. The molecule has 0 saturated carbocycles. The first kappa shape index (κ1) is 11.9. The van der Waals surface area contributed by atoms with Gasteiger partial charge in [0.2, 0.25) is 0 Å². The van der Waals surface area contributed by atoms with Crippen LogP contribution in [0.2, 0.25) is 0 Å². The first-order valence-electron chi connectivity index (χ1n) is 3.31. The molecule has 9 heavy (non-hydrogen) atoms. The fraction of sp³-hybridized carbons (Fsp3) is 1.00. The zero-order valence-electron chi connectivity index (χ0n) is 6.10. The van der Waals surface area contributed by atoms with Gasteiger partial charge in [-0.05, 0) is 6.42 Å². The first-order valence-corrected chi connectivity index (χ1v) is 3.89. The van der Waals surface area contributed by atoms with Crippen LogP contribution in [-0.2, 0) is 4.57 Å². The van der Waals surface area contributed by atoms with E-state index < -0.39 is 0 Å². The fourth-order valence-corrected chi connectivity index (χ4v) is 0.539. The SMILES string of the molecule is CCCCCCO.O=[PH3]. The third-order valence-electron chi connectivity index (χ3n) is 1.01. The number of hydrogen-bond acceptors (Lipinski definition) is 2. The summed E-state index contributed by atoms with van der Waals surface area (Å²) in [6.07, 6.45) is 4.68. The van der Waals surface area contributed by atoms with Crippen LogP contribution in [0.15, 0.2) is 0 Å². The van der Waals surface area contributed by atoms with Gasteiger partial charge in [0.25, 0.3) is 0 Å². The minimum absolute atomic E-state index is 0.361. The van der Waals surface area contributed by atoms with Crippen LogP contribution in [-0.4, -0.2) is 11.7 Å². The van der Waals surface area contributed by atoms with Gasteiger partial charge in [-0.25, -0.2) is 0 Å². The Hall–Kier alpha value is 0.190. The monoisotopic (exact) mass is 152 g/mol. The first-order chi connectivity index (χ1) is 4.41. The van der Waals surface area contributed by atoms with Crippen LogP contribution >= 0.6 is 9.12 Å². The molecule has 0 rings (SSSR count). The highest BCUT2D eigenvalue weighted by Gasteiger charge is 1.80. The second-order valence-electron chi connectivity index (χ2n) is 1.78. The van der Waals surface area contributed by atoms with Crippen molar-refractivity contribution in [1.29, 1.82) is 0 Å². The molecule has 0 aliphatic heterocycles. The van der Waals surface area contributed by atoms with Crippen molar-refractivity contribution >= 4 is 9.12 Å². The molecule has 0 spiro atoms. The molecule has 0 aliphatic rings. The average Bonchev–Trinajstić information content (AvgIpc) is 1.94. The lowest BCUT2D eigenvalue weighted by molar-refractivity contribution is 0.283. The maximum Gasteiger partial charge on any atom is 0.0527 e. The Morgan fingerprint density at radius 2 is 1.78 bits per heavy atom. The highest BCUT2D eigenvalue weighted by molar-refractivity contribution is 7.00. The summed E-state index contributed by atoms with van der Waals surface area (Å²) in [6.45, 7) is 2.53.